The average Bonchev–Trinajstić information content (AvgIpc) is 2.77. The van der Waals surface area contributed by atoms with Gasteiger partial charge in [-0.25, -0.2) is 4.68 Å². The Balaban J connectivity index is 2.48. The highest BCUT2D eigenvalue weighted by Gasteiger charge is 2.31. The molecule has 0 fully saturated rings. The van der Waals surface area contributed by atoms with Crippen molar-refractivity contribution in [3.05, 3.63) is 40.1 Å². The van der Waals surface area contributed by atoms with Crippen molar-refractivity contribution in [1.29, 1.82) is 0 Å². The summed E-state index contributed by atoms with van der Waals surface area (Å²) >= 11 is 9.03. The normalized spacial score (nSPS) is 13.6. The Bertz CT molecular complexity index is 595. The Kier molecular flexibility index (Phi) is 3.87. The first-order chi connectivity index (χ1) is 8.79. The fourth-order valence-electron chi connectivity index (χ4n) is 1.44. The number of halogens is 5. The molecule has 1 aromatic carbocycles. The molecule has 1 atom stereocenters. The largest absolute Gasteiger partial charge is 0.416 e. The first kappa shape index (κ1) is 14.3. The number of hydrogen-bond acceptors (Lipinski definition) is 2. The van der Waals surface area contributed by atoms with Gasteiger partial charge in [-0.2, -0.15) is 13.2 Å². The third kappa shape index (κ3) is 3.09. The predicted molar refractivity (Wildman–Crippen MR) is 68.3 cm³/mol. The maximum atomic E-state index is 12.7. The third-order valence-electron chi connectivity index (χ3n) is 2.44. The van der Waals surface area contributed by atoms with E-state index in [1.54, 1.807) is 6.92 Å². The van der Waals surface area contributed by atoms with Gasteiger partial charge in [-0.3, -0.25) is 0 Å². The third-order valence-corrected chi connectivity index (χ3v) is 3.33. The number of benzene rings is 1. The smallest absolute Gasteiger partial charge is 0.219 e. The Morgan fingerprint density at radius 2 is 2.05 bits per heavy atom. The molecule has 3 nitrogen and oxygen atoms in total. The van der Waals surface area contributed by atoms with Crippen molar-refractivity contribution < 1.29 is 13.2 Å². The van der Waals surface area contributed by atoms with Gasteiger partial charge in [0, 0.05) is 4.47 Å². The van der Waals surface area contributed by atoms with E-state index in [9.17, 15) is 13.2 Å². The van der Waals surface area contributed by atoms with Gasteiger partial charge in [0.1, 0.15) is 5.69 Å². The molecule has 0 saturated carbocycles. The molecular weight excluding hydrogens is 346 g/mol. The quantitative estimate of drug-likeness (QED) is 0.751. The van der Waals surface area contributed by atoms with Gasteiger partial charge in [-0.1, -0.05) is 5.21 Å². The van der Waals surface area contributed by atoms with Crippen molar-refractivity contribution in [3.63, 3.8) is 0 Å². The average molecular weight is 355 g/mol. The second-order valence-electron chi connectivity index (χ2n) is 3.87. The Morgan fingerprint density at radius 1 is 1.37 bits per heavy atom. The summed E-state index contributed by atoms with van der Waals surface area (Å²) in [5.74, 6) is 0. The highest BCUT2D eigenvalue weighted by atomic mass is 79.9. The molecule has 102 valence electrons. The standard InChI is InChI=1S/C11H8BrClF3N3/c1-6(13)9-5-19(18-17-9)10-4-7(11(14,15)16)2-3-8(10)12/h2-6H,1H3. The summed E-state index contributed by atoms with van der Waals surface area (Å²) in [6, 6.07) is 3.32. The molecule has 19 heavy (non-hydrogen) atoms. The highest BCUT2D eigenvalue weighted by Crippen LogP contribution is 2.33. The molecule has 0 amide bonds. The maximum absolute atomic E-state index is 12.7. The van der Waals surface area contributed by atoms with Gasteiger partial charge in [-0.05, 0) is 41.1 Å². The zero-order valence-electron chi connectivity index (χ0n) is 9.62. The minimum absolute atomic E-state index is 0.255. The number of aromatic nitrogens is 3. The first-order valence-electron chi connectivity index (χ1n) is 5.22. The molecular formula is C11H8BrClF3N3. The Morgan fingerprint density at radius 3 is 2.58 bits per heavy atom. The van der Waals surface area contributed by atoms with E-state index in [2.05, 4.69) is 26.2 Å². The number of hydrogen-bond donors (Lipinski definition) is 0. The summed E-state index contributed by atoms with van der Waals surface area (Å²) in [7, 11) is 0. The van der Waals surface area contributed by atoms with Crippen LogP contribution >= 0.6 is 27.5 Å². The van der Waals surface area contributed by atoms with Crippen LogP contribution in [0, 0.1) is 0 Å². The van der Waals surface area contributed by atoms with Crippen LogP contribution in [0.4, 0.5) is 13.2 Å². The Labute approximate surface area is 120 Å². The van der Waals surface area contributed by atoms with Crippen LogP contribution < -0.4 is 0 Å². The zero-order chi connectivity index (χ0) is 14.2. The van der Waals surface area contributed by atoms with Crippen LogP contribution in [0.2, 0.25) is 0 Å². The van der Waals surface area contributed by atoms with E-state index in [1.807, 2.05) is 0 Å². The van der Waals surface area contributed by atoms with Gasteiger partial charge in [0.25, 0.3) is 0 Å². The minimum atomic E-state index is -4.40. The topological polar surface area (TPSA) is 30.7 Å². The fourth-order valence-corrected chi connectivity index (χ4v) is 1.97. The molecule has 0 N–H and O–H groups in total. The van der Waals surface area contributed by atoms with Crippen LogP contribution in [0.3, 0.4) is 0 Å². The lowest BCUT2D eigenvalue weighted by Crippen LogP contribution is -2.07. The summed E-state index contributed by atoms with van der Waals surface area (Å²) < 4.78 is 39.7. The SMILES string of the molecule is CC(Cl)c1cn(-c2cc(C(F)(F)F)ccc2Br)nn1. The number of alkyl halides is 4. The summed E-state index contributed by atoms with van der Waals surface area (Å²) in [6.07, 6.45) is -2.91. The molecule has 8 heteroatoms. The van der Waals surface area contributed by atoms with Gasteiger partial charge < -0.3 is 0 Å². The van der Waals surface area contributed by atoms with E-state index >= 15 is 0 Å². The molecule has 0 saturated heterocycles. The lowest BCUT2D eigenvalue weighted by molar-refractivity contribution is -0.137. The fraction of sp³-hybridized carbons (Fsp3) is 0.273. The van der Waals surface area contributed by atoms with Crippen molar-refractivity contribution in [2.75, 3.05) is 0 Å². The van der Waals surface area contributed by atoms with Crippen LogP contribution in [0.5, 0.6) is 0 Å². The molecule has 1 unspecified atom stereocenters. The van der Waals surface area contributed by atoms with E-state index < -0.39 is 11.7 Å². The van der Waals surface area contributed by atoms with E-state index in [-0.39, 0.29) is 11.1 Å². The summed E-state index contributed by atoms with van der Waals surface area (Å²) in [6.45, 7) is 1.71. The van der Waals surface area contributed by atoms with Crippen LogP contribution in [0.25, 0.3) is 5.69 Å². The maximum Gasteiger partial charge on any atom is 0.416 e. The second-order valence-corrected chi connectivity index (χ2v) is 5.38. The minimum Gasteiger partial charge on any atom is -0.219 e. The van der Waals surface area contributed by atoms with Crippen molar-refractivity contribution in [2.24, 2.45) is 0 Å². The van der Waals surface area contributed by atoms with Crippen LogP contribution in [0.15, 0.2) is 28.9 Å². The summed E-state index contributed by atoms with van der Waals surface area (Å²) in [5, 5.41) is 7.22. The van der Waals surface area contributed by atoms with Gasteiger partial charge in [0.2, 0.25) is 0 Å². The van der Waals surface area contributed by atoms with Crippen LogP contribution in [-0.2, 0) is 6.18 Å². The van der Waals surface area contributed by atoms with E-state index in [4.69, 9.17) is 11.6 Å². The van der Waals surface area contributed by atoms with Gasteiger partial charge >= 0.3 is 6.18 Å². The molecule has 0 aliphatic rings. The number of rotatable bonds is 2. The molecule has 0 radical (unpaired) electrons. The van der Waals surface area contributed by atoms with E-state index in [1.165, 1.54) is 16.9 Å². The van der Waals surface area contributed by atoms with Gasteiger partial charge in [0.05, 0.1) is 22.8 Å². The van der Waals surface area contributed by atoms with Crippen molar-refractivity contribution in [3.8, 4) is 5.69 Å². The molecule has 0 aliphatic carbocycles. The molecule has 1 heterocycles. The van der Waals surface area contributed by atoms with Gasteiger partial charge in [-0.15, -0.1) is 16.7 Å². The first-order valence-corrected chi connectivity index (χ1v) is 6.45. The molecule has 1 aromatic heterocycles. The Hall–Kier alpha value is -1.08. The van der Waals surface area contributed by atoms with Crippen molar-refractivity contribution >= 4 is 27.5 Å². The van der Waals surface area contributed by atoms with E-state index in [0.717, 1.165) is 12.1 Å². The highest BCUT2D eigenvalue weighted by molar-refractivity contribution is 9.10. The summed E-state index contributed by atoms with van der Waals surface area (Å²) in [4.78, 5) is 0. The summed E-state index contributed by atoms with van der Waals surface area (Å²) in [5.41, 5.74) is -0.00135. The monoisotopic (exact) mass is 353 g/mol. The molecule has 0 spiro atoms. The van der Waals surface area contributed by atoms with E-state index in [0.29, 0.717) is 10.2 Å². The lowest BCUT2D eigenvalue weighted by Gasteiger charge is -2.10. The molecule has 2 aromatic rings. The zero-order valence-corrected chi connectivity index (χ0v) is 12.0. The van der Waals surface area contributed by atoms with Crippen LogP contribution in [-0.4, -0.2) is 15.0 Å². The van der Waals surface area contributed by atoms with Crippen LogP contribution in [0.1, 0.15) is 23.6 Å². The molecule has 0 bridgehead atoms. The van der Waals surface area contributed by atoms with Gasteiger partial charge in [0.15, 0.2) is 0 Å². The second kappa shape index (κ2) is 5.13. The van der Waals surface area contributed by atoms with Crippen molar-refractivity contribution in [1.82, 2.24) is 15.0 Å². The number of nitrogens with zero attached hydrogens (tertiary/aromatic N) is 3. The van der Waals surface area contributed by atoms with Crippen molar-refractivity contribution in [2.45, 2.75) is 18.5 Å². The molecule has 0 aliphatic heterocycles. The molecule has 2 rings (SSSR count). The predicted octanol–water partition coefficient (Wildman–Crippen LogP) is 4.35. The lowest BCUT2D eigenvalue weighted by atomic mass is 10.2.